The molecule has 0 atom stereocenters. The molecule has 0 saturated carbocycles. The van der Waals surface area contributed by atoms with Crippen molar-refractivity contribution in [2.45, 2.75) is 52.4 Å². The summed E-state index contributed by atoms with van der Waals surface area (Å²) in [5, 5.41) is 15.6. The fourth-order valence-corrected chi connectivity index (χ4v) is 10.8. The quantitative estimate of drug-likeness (QED) is 0.174. The van der Waals surface area contributed by atoms with E-state index in [4.69, 9.17) is 0 Å². The van der Waals surface area contributed by atoms with Crippen molar-refractivity contribution >= 4 is 115 Å². The molecule has 0 unspecified atom stereocenters. The minimum atomic E-state index is -0.0600. The lowest BCUT2D eigenvalue weighted by molar-refractivity contribution is 0.591. The number of rotatable bonds is 3. The predicted octanol–water partition coefficient (Wildman–Crippen LogP) is 16.4. The van der Waals surface area contributed by atoms with Gasteiger partial charge in [-0.3, -0.25) is 0 Å². The third-order valence-electron chi connectivity index (χ3n) is 13.8. The van der Waals surface area contributed by atoms with E-state index in [0.717, 1.165) is 11.4 Å². The highest BCUT2D eigenvalue weighted by Crippen LogP contribution is 2.51. The van der Waals surface area contributed by atoms with E-state index >= 15 is 0 Å². The second kappa shape index (κ2) is 11.8. The molecule has 9 aromatic carbocycles. The van der Waals surface area contributed by atoms with Gasteiger partial charge in [0.05, 0.1) is 38.8 Å². The molecule has 4 heterocycles. The summed E-state index contributed by atoms with van der Waals surface area (Å²) >= 11 is 0. The minimum Gasteiger partial charge on any atom is -0.308 e. The summed E-state index contributed by atoms with van der Waals surface area (Å²) in [4.78, 5) is 2.46. The second-order valence-electron chi connectivity index (χ2n) is 19.4. The summed E-state index contributed by atoms with van der Waals surface area (Å²) in [5.74, 6) is 0. The number of aromatic nitrogens is 2. The molecule has 3 nitrogen and oxygen atoms in total. The van der Waals surface area contributed by atoms with Gasteiger partial charge in [0, 0.05) is 54.5 Å². The first kappa shape index (κ1) is 34.7. The van der Waals surface area contributed by atoms with Crippen molar-refractivity contribution in [1.82, 2.24) is 8.80 Å². The SMILES string of the molecule is CC(C)(C)c1cc2c3cc4c(cc3n3c5ccc6ccccc6c5c(c1)c23)c1cc(C(C)(C)C)cc2c3c5ccccc5cc(N(c5ccccc5)c5ccccc5)c3n4c12. The smallest absolute Gasteiger partial charge is 0.0789 e. The number of anilines is 3. The summed E-state index contributed by atoms with van der Waals surface area (Å²) in [5.41, 5.74) is 13.7. The molecular weight excluding hydrogens is 739 g/mol. The van der Waals surface area contributed by atoms with Crippen LogP contribution in [0.15, 0.2) is 164 Å². The van der Waals surface area contributed by atoms with Crippen LogP contribution in [0.1, 0.15) is 52.7 Å². The van der Waals surface area contributed by atoms with Gasteiger partial charge in [-0.1, -0.05) is 133 Å². The van der Waals surface area contributed by atoms with Gasteiger partial charge in [-0.05, 0) is 116 Å². The maximum absolute atomic E-state index is 2.63. The molecule has 0 amide bonds. The standard InChI is InChI=1S/C58H45N3/c1-57(2,3)36-28-44-42-33-50-43(32-49(42)60-48-26-25-34-17-13-15-23-40(34)52(48)46(30-36)54(44)60)45-29-37(58(4,5)6)31-47-53-41-24-16-14-18-35(41)27-51(56(53)61(50)55(45)47)59(38-19-9-7-10-20-38)39-21-11-8-12-22-39/h7-33H,1-6H3. The predicted molar refractivity (Wildman–Crippen MR) is 263 cm³/mol. The minimum absolute atomic E-state index is 0.0279. The van der Waals surface area contributed by atoms with Crippen LogP contribution >= 0.6 is 0 Å². The fraction of sp³-hybridized carbons (Fsp3) is 0.138. The van der Waals surface area contributed by atoms with Crippen LogP contribution < -0.4 is 4.90 Å². The number of nitrogens with zero attached hydrogens (tertiary/aromatic N) is 3. The van der Waals surface area contributed by atoms with Gasteiger partial charge in [-0.2, -0.15) is 0 Å². The maximum Gasteiger partial charge on any atom is 0.0789 e. The van der Waals surface area contributed by atoms with Crippen molar-refractivity contribution in [3.8, 4) is 0 Å². The largest absolute Gasteiger partial charge is 0.308 e. The highest BCUT2D eigenvalue weighted by molar-refractivity contribution is 6.34. The van der Waals surface area contributed by atoms with Gasteiger partial charge >= 0.3 is 0 Å². The number of hydrogen-bond acceptors (Lipinski definition) is 1. The highest BCUT2D eigenvalue weighted by Gasteiger charge is 2.29. The molecular formula is C58H45N3. The Morgan fingerprint density at radius 3 is 1.41 bits per heavy atom. The highest BCUT2D eigenvalue weighted by atomic mass is 15.2. The van der Waals surface area contributed by atoms with Crippen molar-refractivity contribution in [2.24, 2.45) is 0 Å². The first-order valence-corrected chi connectivity index (χ1v) is 21.7. The van der Waals surface area contributed by atoms with Gasteiger partial charge in [0.15, 0.2) is 0 Å². The summed E-state index contributed by atoms with van der Waals surface area (Å²) in [6.07, 6.45) is 0. The van der Waals surface area contributed by atoms with Crippen LogP contribution in [-0.2, 0) is 10.8 Å². The van der Waals surface area contributed by atoms with Crippen LogP contribution in [0.2, 0.25) is 0 Å². The van der Waals surface area contributed by atoms with Crippen molar-refractivity contribution in [3.63, 3.8) is 0 Å². The first-order chi connectivity index (χ1) is 29.5. The van der Waals surface area contributed by atoms with Crippen molar-refractivity contribution < 1.29 is 0 Å². The summed E-state index contributed by atoms with van der Waals surface area (Å²) in [6.45, 7) is 14.1. The van der Waals surface area contributed by atoms with E-state index < -0.39 is 0 Å². The summed E-state index contributed by atoms with van der Waals surface area (Å²) in [6, 6.07) is 61.8. The van der Waals surface area contributed by atoms with Crippen LogP contribution in [0.25, 0.3) is 97.7 Å². The molecule has 0 N–H and O–H groups in total. The molecule has 0 spiro atoms. The van der Waals surface area contributed by atoms with E-state index in [9.17, 15) is 0 Å². The monoisotopic (exact) mass is 783 g/mol. The molecule has 0 radical (unpaired) electrons. The van der Waals surface area contributed by atoms with Crippen molar-refractivity contribution in [1.29, 1.82) is 0 Å². The molecule has 3 heteroatoms. The maximum atomic E-state index is 2.63. The molecule has 4 aromatic heterocycles. The van der Waals surface area contributed by atoms with E-state index in [-0.39, 0.29) is 10.8 Å². The third-order valence-corrected chi connectivity index (χ3v) is 13.8. The van der Waals surface area contributed by atoms with E-state index in [2.05, 4.69) is 219 Å². The van der Waals surface area contributed by atoms with Crippen molar-refractivity contribution in [2.75, 3.05) is 4.90 Å². The van der Waals surface area contributed by atoms with Crippen LogP contribution in [0.5, 0.6) is 0 Å². The number of fused-ring (bicyclic) bond motifs is 16. The molecule has 0 aliphatic rings. The number of para-hydroxylation sites is 2. The van der Waals surface area contributed by atoms with Crippen LogP contribution in [-0.4, -0.2) is 8.80 Å². The van der Waals surface area contributed by atoms with Gasteiger partial charge in [0.25, 0.3) is 0 Å². The Labute approximate surface area is 354 Å². The van der Waals surface area contributed by atoms with Gasteiger partial charge in [0.2, 0.25) is 0 Å². The van der Waals surface area contributed by atoms with Crippen molar-refractivity contribution in [3.05, 3.63) is 175 Å². The van der Waals surface area contributed by atoms with Gasteiger partial charge < -0.3 is 13.7 Å². The second-order valence-corrected chi connectivity index (χ2v) is 19.4. The van der Waals surface area contributed by atoms with E-state index in [1.807, 2.05) is 0 Å². The summed E-state index contributed by atoms with van der Waals surface area (Å²) in [7, 11) is 0. The summed E-state index contributed by atoms with van der Waals surface area (Å²) < 4.78 is 5.21. The van der Waals surface area contributed by atoms with Gasteiger partial charge in [0.1, 0.15) is 0 Å². The fourth-order valence-electron chi connectivity index (χ4n) is 10.8. The Morgan fingerprint density at radius 2 is 0.820 bits per heavy atom. The Bertz CT molecular complexity index is 3890. The van der Waals surface area contributed by atoms with E-state index in [0.29, 0.717) is 0 Å². The Hall–Kier alpha value is -7.10. The van der Waals surface area contributed by atoms with Gasteiger partial charge in [-0.15, -0.1) is 0 Å². The number of hydrogen-bond donors (Lipinski definition) is 0. The molecule has 0 fully saturated rings. The molecule has 0 aliphatic carbocycles. The lowest BCUT2D eigenvalue weighted by Gasteiger charge is -2.27. The molecule has 0 saturated heterocycles. The van der Waals surface area contributed by atoms with E-state index in [1.54, 1.807) is 0 Å². The van der Waals surface area contributed by atoms with Crippen LogP contribution in [0.3, 0.4) is 0 Å². The number of benzene rings is 9. The Kier molecular flexibility index (Phi) is 6.72. The lowest BCUT2D eigenvalue weighted by Crippen LogP contribution is -2.11. The lowest BCUT2D eigenvalue weighted by atomic mass is 9.85. The zero-order chi connectivity index (χ0) is 41.1. The van der Waals surface area contributed by atoms with Crippen LogP contribution in [0, 0.1) is 0 Å². The molecule has 292 valence electrons. The first-order valence-electron chi connectivity index (χ1n) is 21.7. The molecule has 13 rings (SSSR count). The normalized spacial score (nSPS) is 13.1. The average Bonchev–Trinajstić information content (AvgIpc) is 3.99. The zero-order valence-electron chi connectivity index (χ0n) is 35.4. The zero-order valence-corrected chi connectivity index (χ0v) is 35.4. The molecule has 13 aromatic rings. The topological polar surface area (TPSA) is 12.1 Å². The molecule has 0 aliphatic heterocycles. The third kappa shape index (κ3) is 4.64. The average molecular weight is 784 g/mol. The Morgan fingerprint density at radius 1 is 0.344 bits per heavy atom. The molecule has 61 heavy (non-hydrogen) atoms. The van der Waals surface area contributed by atoms with Crippen LogP contribution in [0.4, 0.5) is 17.1 Å². The van der Waals surface area contributed by atoms with Gasteiger partial charge in [-0.25, -0.2) is 0 Å². The van der Waals surface area contributed by atoms with E-state index in [1.165, 1.54) is 115 Å². The Balaban J connectivity index is 1.28. The molecule has 0 bridgehead atoms.